The number of anilines is 2. The van der Waals surface area contributed by atoms with E-state index < -0.39 is 0 Å². The van der Waals surface area contributed by atoms with Gasteiger partial charge in [-0.25, -0.2) is 0 Å². The lowest BCUT2D eigenvalue weighted by molar-refractivity contribution is -0.136. The van der Waals surface area contributed by atoms with E-state index >= 15 is 0 Å². The standard InChI is InChI=1S/C22H26N4O3/c1-2-29-20-6-4-3-5-19(20)26-16-17(15-21(26)27)22(28)25-13-11-24(12-14-25)18-7-9-23-10-8-18/h3-10,17H,2,11-16H2,1H3/t17-/m0/s1. The Kier molecular flexibility index (Phi) is 5.64. The van der Waals surface area contributed by atoms with Crippen molar-refractivity contribution in [3.05, 3.63) is 48.8 Å². The summed E-state index contributed by atoms with van der Waals surface area (Å²) in [6.45, 7) is 5.76. The molecule has 0 bridgehead atoms. The van der Waals surface area contributed by atoms with Crippen LogP contribution in [0.25, 0.3) is 0 Å². The molecule has 2 amide bonds. The maximum atomic E-state index is 13.1. The number of nitrogens with zero attached hydrogens (tertiary/aromatic N) is 4. The second-order valence-electron chi connectivity index (χ2n) is 7.32. The number of piperazine rings is 1. The number of carbonyl (C=O) groups is 2. The summed E-state index contributed by atoms with van der Waals surface area (Å²) in [5, 5.41) is 0. The molecule has 152 valence electrons. The summed E-state index contributed by atoms with van der Waals surface area (Å²) in [5.41, 5.74) is 1.87. The van der Waals surface area contributed by atoms with Gasteiger partial charge in [0.1, 0.15) is 5.75 Å². The molecule has 1 aromatic carbocycles. The summed E-state index contributed by atoms with van der Waals surface area (Å²) >= 11 is 0. The highest BCUT2D eigenvalue weighted by atomic mass is 16.5. The molecular weight excluding hydrogens is 368 g/mol. The normalized spacial score (nSPS) is 19.6. The van der Waals surface area contributed by atoms with E-state index in [1.807, 2.05) is 48.2 Å². The van der Waals surface area contributed by atoms with E-state index in [-0.39, 0.29) is 24.2 Å². The van der Waals surface area contributed by atoms with Crippen molar-refractivity contribution < 1.29 is 14.3 Å². The van der Waals surface area contributed by atoms with E-state index in [9.17, 15) is 9.59 Å². The molecule has 0 unspecified atom stereocenters. The van der Waals surface area contributed by atoms with Gasteiger partial charge >= 0.3 is 0 Å². The van der Waals surface area contributed by atoms with Gasteiger partial charge in [-0.3, -0.25) is 14.6 Å². The van der Waals surface area contributed by atoms with Crippen LogP contribution in [0, 0.1) is 5.92 Å². The van der Waals surface area contributed by atoms with Gasteiger partial charge in [0.15, 0.2) is 0 Å². The maximum Gasteiger partial charge on any atom is 0.228 e. The monoisotopic (exact) mass is 394 g/mol. The van der Waals surface area contributed by atoms with Gasteiger partial charge in [-0.1, -0.05) is 12.1 Å². The van der Waals surface area contributed by atoms with Crippen LogP contribution < -0.4 is 14.5 Å². The molecule has 29 heavy (non-hydrogen) atoms. The van der Waals surface area contributed by atoms with Crippen molar-refractivity contribution in [1.82, 2.24) is 9.88 Å². The first kappa shape index (κ1) is 19.2. The molecule has 7 heteroatoms. The summed E-state index contributed by atoms with van der Waals surface area (Å²) in [6.07, 6.45) is 3.82. The van der Waals surface area contributed by atoms with Crippen molar-refractivity contribution in [2.75, 3.05) is 49.1 Å². The fourth-order valence-corrected chi connectivity index (χ4v) is 4.06. The van der Waals surface area contributed by atoms with Gasteiger partial charge < -0.3 is 19.4 Å². The average molecular weight is 394 g/mol. The van der Waals surface area contributed by atoms with Crippen molar-refractivity contribution in [2.45, 2.75) is 13.3 Å². The van der Waals surface area contributed by atoms with E-state index in [4.69, 9.17) is 4.74 Å². The molecule has 2 aromatic rings. The zero-order chi connectivity index (χ0) is 20.2. The van der Waals surface area contributed by atoms with E-state index in [0.717, 1.165) is 24.5 Å². The molecule has 3 heterocycles. The van der Waals surface area contributed by atoms with Crippen molar-refractivity contribution in [2.24, 2.45) is 5.92 Å². The van der Waals surface area contributed by atoms with Gasteiger partial charge in [-0.05, 0) is 31.2 Å². The summed E-state index contributed by atoms with van der Waals surface area (Å²) < 4.78 is 5.66. The first-order chi connectivity index (χ1) is 14.2. The average Bonchev–Trinajstić information content (AvgIpc) is 3.16. The Hall–Kier alpha value is -3.09. The Labute approximate surface area is 170 Å². The van der Waals surface area contributed by atoms with Gasteiger partial charge in [-0.15, -0.1) is 0 Å². The van der Waals surface area contributed by atoms with E-state index in [1.54, 1.807) is 17.3 Å². The van der Waals surface area contributed by atoms with Crippen LogP contribution in [0.1, 0.15) is 13.3 Å². The Morgan fingerprint density at radius 3 is 2.55 bits per heavy atom. The smallest absolute Gasteiger partial charge is 0.228 e. The fraction of sp³-hybridized carbons (Fsp3) is 0.409. The number of hydrogen-bond donors (Lipinski definition) is 0. The second-order valence-corrected chi connectivity index (χ2v) is 7.32. The van der Waals surface area contributed by atoms with Crippen molar-refractivity contribution >= 4 is 23.2 Å². The van der Waals surface area contributed by atoms with Crippen LogP contribution in [0.5, 0.6) is 5.75 Å². The third-order valence-corrected chi connectivity index (χ3v) is 5.55. The maximum absolute atomic E-state index is 13.1. The van der Waals surface area contributed by atoms with Crippen molar-refractivity contribution in [1.29, 1.82) is 0 Å². The van der Waals surface area contributed by atoms with E-state index in [1.165, 1.54) is 0 Å². The lowest BCUT2D eigenvalue weighted by Crippen LogP contribution is -2.50. The number of rotatable bonds is 5. The van der Waals surface area contributed by atoms with Crippen LogP contribution in [-0.2, 0) is 9.59 Å². The van der Waals surface area contributed by atoms with Gasteiger partial charge in [-0.2, -0.15) is 0 Å². The third-order valence-electron chi connectivity index (χ3n) is 5.55. The third kappa shape index (κ3) is 4.04. The lowest BCUT2D eigenvalue weighted by atomic mass is 10.1. The highest BCUT2D eigenvalue weighted by Crippen LogP contribution is 2.33. The highest BCUT2D eigenvalue weighted by molar-refractivity contribution is 6.01. The number of ether oxygens (including phenoxy) is 1. The molecule has 0 aliphatic carbocycles. The quantitative estimate of drug-likeness (QED) is 0.778. The summed E-state index contributed by atoms with van der Waals surface area (Å²) in [7, 11) is 0. The molecule has 2 aliphatic heterocycles. The van der Waals surface area contributed by atoms with E-state index in [2.05, 4.69) is 9.88 Å². The number of amides is 2. The number of benzene rings is 1. The molecule has 2 aliphatic rings. The number of pyridine rings is 1. The SMILES string of the molecule is CCOc1ccccc1N1C[C@@H](C(=O)N2CCN(c3ccncc3)CC2)CC1=O. The van der Waals surface area contributed by atoms with Crippen LogP contribution in [0.4, 0.5) is 11.4 Å². The van der Waals surface area contributed by atoms with Crippen LogP contribution in [0.15, 0.2) is 48.8 Å². The zero-order valence-corrected chi connectivity index (χ0v) is 16.7. The van der Waals surface area contributed by atoms with Gasteiger partial charge in [0.2, 0.25) is 11.8 Å². The van der Waals surface area contributed by atoms with Crippen molar-refractivity contribution in [3.8, 4) is 5.75 Å². The molecule has 0 saturated carbocycles. The molecule has 0 N–H and O–H groups in total. The predicted molar refractivity (Wildman–Crippen MR) is 111 cm³/mol. The van der Waals surface area contributed by atoms with Crippen LogP contribution >= 0.6 is 0 Å². The number of carbonyl (C=O) groups excluding carboxylic acids is 2. The molecule has 1 atom stereocenters. The van der Waals surface area contributed by atoms with Gasteiger partial charge in [0.05, 0.1) is 18.2 Å². The Morgan fingerprint density at radius 1 is 1.10 bits per heavy atom. The summed E-state index contributed by atoms with van der Waals surface area (Å²) in [6, 6.07) is 11.5. The molecule has 1 aromatic heterocycles. The lowest BCUT2D eigenvalue weighted by Gasteiger charge is -2.37. The molecule has 0 radical (unpaired) electrons. The topological polar surface area (TPSA) is 66.0 Å². The molecule has 2 saturated heterocycles. The molecule has 4 rings (SSSR count). The van der Waals surface area contributed by atoms with Gasteiger partial charge in [0, 0.05) is 57.2 Å². The zero-order valence-electron chi connectivity index (χ0n) is 16.7. The molecular formula is C22H26N4O3. The highest BCUT2D eigenvalue weighted by Gasteiger charge is 2.38. The first-order valence-electron chi connectivity index (χ1n) is 10.1. The first-order valence-corrected chi connectivity index (χ1v) is 10.1. The number of hydrogen-bond acceptors (Lipinski definition) is 5. The van der Waals surface area contributed by atoms with Crippen LogP contribution in [0.2, 0.25) is 0 Å². The minimum absolute atomic E-state index is 0.0223. The van der Waals surface area contributed by atoms with Crippen molar-refractivity contribution in [3.63, 3.8) is 0 Å². The van der Waals surface area contributed by atoms with Gasteiger partial charge in [0.25, 0.3) is 0 Å². The number of para-hydroxylation sites is 2. The Balaban J connectivity index is 1.39. The van der Waals surface area contributed by atoms with Crippen LogP contribution in [0.3, 0.4) is 0 Å². The molecule has 7 nitrogen and oxygen atoms in total. The molecule has 2 fully saturated rings. The largest absolute Gasteiger partial charge is 0.492 e. The van der Waals surface area contributed by atoms with Crippen LogP contribution in [-0.4, -0.2) is 61.0 Å². The van der Waals surface area contributed by atoms with E-state index in [0.29, 0.717) is 32.0 Å². The summed E-state index contributed by atoms with van der Waals surface area (Å²) in [4.78, 5) is 35.6. The predicted octanol–water partition coefficient (Wildman–Crippen LogP) is 2.18. The Morgan fingerprint density at radius 2 is 1.83 bits per heavy atom. The fourth-order valence-electron chi connectivity index (χ4n) is 4.06. The Bertz CT molecular complexity index is 865. The second kappa shape index (κ2) is 8.51. The summed E-state index contributed by atoms with van der Waals surface area (Å²) in [5.74, 6) is 0.433. The minimum Gasteiger partial charge on any atom is -0.492 e. The number of aromatic nitrogens is 1. The minimum atomic E-state index is -0.301. The molecule has 0 spiro atoms.